The first-order valence-electron chi connectivity index (χ1n) is 9.19. The summed E-state index contributed by atoms with van der Waals surface area (Å²) in [6.45, 7) is 0.987. The van der Waals surface area contributed by atoms with E-state index in [9.17, 15) is 18.0 Å². The molecule has 0 aromatic heterocycles. The molecule has 2 N–H and O–H groups in total. The van der Waals surface area contributed by atoms with E-state index in [0.29, 0.717) is 24.3 Å². The largest absolute Gasteiger partial charge is 0.359 e. The van der Waals surface area contributed by atoms with Crippen LogP contribution in [0.5, 0.6) is 0 Å². The Morgan fingerprint density at radius 2 is 1.72 bits per heavy atom. The van der Waals surface area contributed by atoms with Crippen molar-refractivity contribution in [3.63, 3.8) is 0 Å². The maximum absolute atomic E-state index is 12.8. The first kappa shape index (κ1) is 21.3. The van der Waals surface area contributed by atoms with Crippen LogP contribution < -0.4 is 10.0 Å². The second kappa shape index (κ2) is 8.96. The van der Waals surface area contributed by atoms with Crippen LogP contribution in [0.2, 0.25) is 0 Å². The zero-order valence-corrected chi connectivity index (χ0v) is 18.3. The summed E-state index contributed by atoms with van der Waals surface area (Å²) in [5.41, 5.74) is 0.820. The smallest absolute Gasteiger partial charge is 0.261 e. The van der Waals surface area contributed by atoms with Gasteiger partial charge in [-0.15, -0.1) is 0 Å². The molecule has 0 saturated carbocycles. The molecular formula is C20H22BrN3O4S. The highest BCUT2D eigenvalue weighted by Gasteiger charge is 2.28. The normalized spacial score (nSPS) is 16.9. The van der Waals surface area contributed by atoms with E-state index in [0.717, 1.165) is 17.3 Å². The number of likely N-dealkylation sites (tertiary alicyclic amines) is 1. The highest BCUT2D eigenvalue weighted by atomic mass is 79.9. The molecule has 0 spiro atoms. The number of amides is 2. The molecule has 0 bridgehead atoms. The lowest BCUT2D eigenvalue weighted by Gasteiger charge is -2.31. The van der Waals surface area contributed by atoms with Crippen molar-refractivity contribution in [3.05, 3.63) is 58.6 Å². The third-order valence-corrected chi connectivity index (χ3v) is 6.76. The number of halogens is 1. The molecule has 0 radical (unpaired) electrons. The molecule has 3 rings (SSSR count). The van der Waals surface area contributed by atoms with Crippen LogP contribution in [0.1, 0.15) is 23.2 Å². The molecule has 2 aromatic rings. The van der Waals surface area contributed by atoms with Crippen LogP contribution in [0.3, 0.4) is 0 Å². The summed E-state index contributed by atoms with van der Waals surface area (Å²) in [4.78, 5) is 26.4. The van der Waals surface area contributed by atoms with E-state index >= 15 is 0 Å². The zero-order chi connectivity index (χ0) is 21.0. The van der Waals surface area contributed by atoms with E-state index in [-0.39, 0.29) is 22.6 Å². The van der Waals surface area contributed by atoms with Gasteiger partial charge in [0.2, 0.25) is 5.91 Å². The molecule has 1 heterocycles. The molecule has 1 aliphatic rings. The van der Waals surface area contributed by atoms with Gasteiger partial charge in [0.15, 0.2) is 0 Å². The maximum atomic E-state index is 12.8. The summed E-state index contributed by atoms with van der Waals surface area (Å²) < 4.78 is 28.2. The Kier molecular flexibility index (Phi) is 6.59. The number of nitrogens with one attached hydrogen (secondary N) is 2. The van der Waals surface area contributed by atoms with Gasteiger partial charge in [0, 0.05) is 35.9 Å². The number of carbonyl (C=O) groups excluding carboxylic acids is 2. The van der Waals surface area contributed by atoms with Crippen molar-refractivity contribution < 1.29 is 18.0 Å². The van der Waals surface area contributed by atoms with Crippen LogP contribution in [0.15, 0.2) is 57.9 Å². The molecule has 0 unspecified atom stereocenters. The summed E-state index contributed by atoms with van der Waals surface area (Å²) in [5, 5.41) is 2.63. The van der Waals surface area contributed by atoms with E-state index < -0.39 is 10.0 Å². The Balaban J connectivity index is 1.69. The standard InChI is InChI=1S/C20H22BrN3O4S/c1-22-19(25)15-3-2-12-24(13-15)20(26)14-4-8-17(9-5-14)23-29(27,28)18-10-6-16(21)7-11-18/h4-11,15,23H,2-3,12-13H2,1H3,(H,22,25)/t15-/m1/s1. The van der Waals surface area contributed by atoms with Crippen molar-refractivity contribution in [2.24, 2.45) is 5.92 Å². The SMILES string of the molecule is CNC(=O)[C@@H]1CCCN(C(=O)c2ccc(NS(=O)(=O)c3ccc(Br)cc3)cc2)C1. The molecule has 2 amide bonds. The van der Waals surface area contributed by atoms with Crippen LogP contribution in [0.25, 0.3) is 0 Å². The molecule has 7 nitrogen and oxygen atoms in total. The van der Waals surface area contributed by atoms with Crippen LogP contribution >= 0.6 is 15.9 Å². The third kappa shape index (κ3) is 5.16. The molecule has 2 aromatic carbocycles. The van der Waals surface area contributed by atoms with Crippen LogP contribution in [0, 0.1) is 5.92 Å². The Morgan fingerprint density at radius 1 is 1.07 bits per heavy atom. The second-order valence-corrected chi connectivity index (χ2v) is 9.44. The number of anilines is 1. The van der Waals surface area contributed by atoms with Crippen molar-refractivity contribution >= 4 is 43.5 Å². The molecule has 29 heavy (non-hydrogen) atoms. The highest BCUT2D eigenvalue weighted by Crippen LogP contribution is 2.21. The fourth-order valence-electron chi connectivity index (χ4n) is 3.27. The van der Waals surface area contributed by atoms with Gasteiger partial charge in [0.05, 0.1) is 10.8 Å². The van der Waals surface area contributed by atoms with Gasteiger partial charge in [0.25, 0.3) is 15.9 Å². The molecule has 0 aliphatic carbocycles. The summed E-state index contributed by atoms with van der Waals surface area (Å²) in [5.74, 6) is -0.421. The first-order valence-corrected chi connectivity index (χ1v) is 11.5. The number of piperidine rings is 1. The van der Waals surface area contributed by atoms with Gasteiger partial charge in [-0.25, -0.2) is 8.42 Å². The topological polar surface area (TPSA) is 95.6 Å². The average Bonchev–Trinajstić information content (AvgIpc) is 2.73. The van der Waals surface area contributed by atoms with Gasteiger partial charge in [-0.1, -0.05) is 15.9 Å². The summed E-state index contributed by atoms with van der Waals surface area (Å²) in [6, 6.07) is 12.6. The van der Waals surface area contributed by atoms with Gasteiger partial charge in [-0.3, -0.25) is 14.3 Å². The molecule has 9 heteroatoms. The number of rotatable bonds is 5. The summed E-state index contributed by atoms with van der Waals surface area (Å²) >= 11 is 3.28. The Morgan fingerprint density at radius 3 is 2.34 bits per heavy atom. The number of hydrogen-bond acceptors (Lipinski definition) is 4. The monoisotopic (exact) mass is 479 g/mol. The summed E-state index contributed by atoms with van der Waals surface area (Å²) in [7, 11) is -2.12. The molecule has 1 aliphatic heterocycles. The Hall–Kier alpha value is -2.39. The molecule has 154 valence electrons. The minimum Gasteiger partial charge on any atom is -0.359 e. The quantitative estimate of drug-likeness (QED) is 0.688. The van der Waals surface area contributed by atoms with Gasteiger partial charge < -0.3 is 10.2 Å². The number of nitrogens with zero attached hydrogens (tertiary/aromatic N) is 1. The van der Waals surface area contributed by atoms with E-state index in [2.05, 4.69) is 26.0 Å². The molecule has 1 atom stereocenters. The van der Waals surface area contributed by atoms with Crippen molar-refractivity contribution in [2.45, 2.75) is 17.7 Å². The summed E-state index contributed by atoms with van der Waals surface area (Å²) in [6.07, 6.45) is 1.54. The average molecular weight is 480 g/mol. The van der Waals surface area contributed by atoms with Gasteiger partial charge in [0.1, 0.15) is 0 Å². The van der Waals surface area contributed by atoms with E-state index in [4.69, 9.17) is 0 Å². The van der Waals surface area contributed by atoms with E-state index in [1.807, 2.05) is 0 Å². The van der Waals surface area contributed by atoms with Crippen molar-refractivity contribution in [1.29, 1.82) is 0 Å². The van der Waals surface area contributed by atoms with Gasteiger partial charge in [-0.2, -0.15) is 0 Å². The fraction of sp³-hybridized carbons (Fsp3) is 0.300. The van der Waals surface area contributed by atoms with E-state index in [1.54, 1.807) is 48.3 Å². The lowest BCUT2D eigenvalue weighted by atomic mass is 9.96. The van der Waals surface area contributed by atoms with Crippen LogP contribution in [-0.4, -0.2) is 45.3 Å². The van der Waals surface area contributed by atoms with Crippen molar-refractivity contribution in [2.75, 3.05) is 24.9 Å². The van der Waals surface area contributed by atoms with Gasteiger partial charge in [-0.05, 0) is 61.4 Å². The first-order chi connectivity index (χ1) is 13.8. The number of sulfonamides is 1. The Bertz CT molecular complexity index is 991. The van der Waals surface area contributed by atoms with Gasteiger partial charge >= 0.3 is 0 Å². The van der Waals surface area contributed by atoms with Crippen molar-refractivity contribution in [3.8, 4) is 0 Å². The minimum absolute atomic E-state index is 0.0554. The van der Waals surface area contributed by atoms with Crippen LogP contribution in [0.4, 0.5) is 5.69 Å². The zero-order valence-electron chi connectivity index (χ0n) is 15.9. The fourth-order valence-corrected chi connectivity index (χ4v) is 4.59. The molecule has 1 fully saturated rings. The predicted octanol–water partition coefficient (Wildman–Crippen LogP) is 2.85. The lowest BCUT2D eigenvalue weighted by Crippen LogP contribution is -2.44. The third-order valence-electron chi connectivity index (χ3n) is 4.83. The predicted molar refractivity (Wildman–Crippen MR) is 114 cm³/mol. The number of hydrogen-bond donors (Lipinski definition) is 2. The number of carbonyl (C=O) groups is 2. The van der Waals surface area contributed by atoms with Crippen molar-refractivity contribution in [1.82, 2.24) is 10.2 Å². The second-order valence-electron chi connectivity index (χ2n) is 6.84. The highest BCUT2D eigenvalue weighted by molar-refractivity contribution is 9.10. The lowest BCUT2D eigenvalue weighted by molar-refractivity contribution is -0.125. The molecular weight excluding hydrogens is 458 g/mol. The van der Waals surface area contributed by atoms with Crippen LogP contribution in [-0.2, 0) is 14.8 Å². The minimum atomic E-state index is -3.71. The maximum Gasteiger partial charge on any atom is 0.261 e. The molecule has 1 saturated heterocycles. The number of benzene rings is 2. The van der Waals surface area contributed by atoms with E-state index in [1.165, 1.54) is 12.1 Å². The Labute approximate surface area is 178 Å².